The Morgan fingerprint density at radius 2 is 2.00 bits per heavy atom. The van der Waals surface area contributed by atoms with Crippen molar-refractivity contribution in [1.29, 1.82) is 0 Å². The summed E-state index contributed by atoms with van der Waals surface area (Å²) in [5.41, 5.74) is 0. The van der Waals surface area contributed by atoms with E-state index in [0.29, 0.717) is 23.9 Å². The number of hydrogen-bond acceptors (Lipinski definition) is 5. The Bertz CT molecular complexity index is 315. The maximum absolute atomic E-state index is 8.61. The lowest BCUT2D eigenvalue weighted by molar-refractivity contribution is 0.283. The summed E-state index contributed by atoms with van der Waals surface area (Å²) in [6.45, 7) is 2.33. The summed E-state index contributed by atoms with van der Waals surface area (Å²) in [6, 6.07) is 4.71. The monoisotopic (exact) mass is 212 g/mol. The van der Waals surface area contributed by atoms with Crippen LogP contribution >= 0.6 is 0 Å². The zero-order valence-electron chi connectivity index (χ0n) is 8.64. The summed E-state index contributed by atoms with van der Waals surface area (Å²) in [5.74, 6) is 1.36. The predicted molar refractivity (Wildman–Crippen MR) is 55.0 cm³/mol. The average Bonchev–Trinajstić information content (AvgIpc) is 2.18. The molecule has 5 nitrogen and oxygen atoms in total. The maximum atomic E-state index is 8.61. The first kappa shape index (κ1) is 11.7. The van der Waals surface area contributed by atoms with E-state index in [1.165, 1.54) is 13.2 Å². The third-order valence-corrected chi connectivity index (χ3v) is 1.68. The number of hydrogen-bond donors (Lipinski definition) is 2. The Balaban J connectivity index is 2.88. The van der Waals surface area contributed by atoms with E-state index in [1.807, 2.05) is 6.92 Å². The van der Waals surface area contributed by atoms with Crippen molar-refractivity contribution in [2.45, 2.75) is 6.92 Å². The van der Waals surface area contributed by atoms with Crippen molar-refractivity contribution in [2.24, 2.45) is 0 Å². The van der Waals surface area contributed by atoms with Crippen molar-refractivity contribution < 1.29 is 24.2 Å². The van der Waals surface area contributed by atoms with Gasteiger partial charge in [-0.2, -0.15) is 0 Å². The number of rotatable bonds is 5. The topological polar surface area (TPSA) is 68.2 Å². The summed E-state index contributed by atoms with van der Waals surface area (Å²) in [6.07, 6.45) is 0. The van der Waals surface area contributed by atoms with Gasteiger partial charge in [-0.1, -0.05) is 0 Å². The molecule has 0 saturated heterocycles. The number of methoxy groups -OCH3 is 1. The molecule has 82 valence electrons. The fraction of sp³-hybridized carbons (Fsp3) is 0.333. The van der Waals surface area contributed by atoms with Crippen LogP contribution in [0.1, 0.15) is 6.92 Å². The summed E-state index contributed by atoms with van der Waals surface area (Å²) in [7, 11) is -0.313. The van der Waals surface area contributed by atoms with Crippen LogP contribution in [-0.4, -0.2) is 31.1 Å². The molecule has 15 heavy (non-hydrogen) atoms. The average molecular weight is 212 g/mol. The molecular formula is C9H13BO5. The van der Waals surface area contributed by atoms with Crippen LogP contribution in [0, 0.1) is 0 Å². The van der Waals surface area contributed by atoms with Gasteiger partial charge >= 0.3 is 7.32 Å². The molecule has 0 saturated carbocycles. The van der Waals surface area contributed by atoms with Gasteiger partial charge in [-0.15, -0.1) is 0 Å². The van der Waals surface area contributed by atoms with Crippen molar-refractivity contribution in [2.75, 3.05) is 13.7 Å². The Labute approximate surface area is 88.4 Å². The number of benzene rings is 1. The van der Waals surface area contributed by atoms with Crippen molar-refractivity contribution >= 4 is 7.32 Å². The quantitative estimate of drug-likeness (QED) is 0.693. The van der Waals surface area contributed by atoms with Crippen LogP contribution in [0.25, 0.3) is 0 Å². The van der Waals surface area contributed by atoms with Crippen LogP contribution in [0.4, 0.5) is 0 Å². The molecule has 0 aliphatic rings. The molecule has 0 fully saturated rings. The van der Waals surface area contributed by atoms with Gasteiger partial charge in [0.05, 0.1) is 13.7 Å². The van der Waals surface area contributed by atoms with Gasteiger partial charge in [0.15, 0.2) is 11.5 Å². The minimum atomic E-state index is -1.84. The largest absolute Gasteiger partial charge is 0.707 e. The van der Waals surface area contributed by atoms with E-state index in [-0.39, 0.29) is 0 Å². The molecular weight excluding hydrogens is 199 g/mol. The predicted octanol–water partition coefficient (Wildman–Crippen LogP) is 0.442. The third-order valence-electron chi connectivity index (χ3n) is 1.68. The van der Waals surface area contributed by atoms with Crippen LogP contribution in [0.3, 0.4) is 0 Å². The molecule has 1 aromatic carbocycles. The Kier molecular flexibility index (Phi) is 4.26. The fourth-order valence-corrected chi connectivity index (χ4v) is 1.12. The lowest BCUT2D eigenvalue weighted by atomic mass is 10.2. The molecule has 0 atom stereocenters. The highest BCUT2D eigenvalue weighted by Gasteiger charge is 2.13. The molecule has 0 aliphatic carbocycles. The SMILES string of the molecule is CCOc1cc(OB(O)O)ccc1OC. The zero-order chi connectivity index (χ0) is 11.3. The van der Waals surface area contributed by atoms with Crippen LogP contribution in [-0.2, 0) is 0 Å². The fourth-order valence-electron chi connectivity index (χ4n) is 1.12. The molecule has 0 unspecified atom stereocenters. The van der Waals surface area contributed by atoms with Gasteiger partial charge < -0.3 is 24.2 Å². The molecule has 0 spiro atoms. The normalized spacial score (nSPS) is 9.60. The first-order valence-electron chi connectivity index (χ1n) is 4.51. The lowest BCUT2D eigenvalue weighted by Crippen LogP contribution is -2.20. The van der Waals surface area contributed by atoms with Gasteiger partial charge in [0.1, 0.15) is 5.75 Å². The molecule has 0 radical (unpaired) electrons. The highest BCUT2D eigenvalue weighted by Crippen LogP contribution is 2.31. The maximum Gasteiger partial charge on any atom is 0.707 e. The minimum absolute atomic E-state index is 0.300. The van der Waals surface area contributed by atoms with Gasteiger partial charge in [-0.25, -0.2) is 0 Å². The van der Waals surface area contributed by atoms with E-state index in [9.17, 15) is 0 Å². The zero-order valence-corrected chi connectivity index (χ0v) is 8.64. The molecule has 0 bridgehead atoms. The molecule has 6 heteroatoms. The smallest absolute Gasteiger partial charge is 0.512 e. The van der Waals surface area contributed by atoms with Crippen molar-refractivity contribution in [1.82, 2.24) is 0 Å². The summed E-state index contributed by atoms with van der Waals surface area (Å²) >= 11 is 0. The molecule has 0 aliphatic heterocycles. The van der Waals surface area contributed by atoms with Gasteiger partial charge in [0.25, 0.3) is 0 Å². The molecule has 1 aromatic rings. The molecule has 1 rings (SSSR count). The Morgan fingerprint density at radius 1 is 1.27 bits per heavy atom. The van der Waals surface area contributed by atoms with Gasteiger partial charge in [0.2, 0.25) is 0 Å². The van der Waals surface area contributed by atoms with Crippen molar-refractivity contribution in [3.63, 3.8) is 0 Å². The second-order valence-corrected chi connectivity index (χ2v) is 2.69. The number of ether oxygens (including phenoxy) is 2. The van der Waals surface area contributed by atoms with Crippen LogP contribution in [0.15, 0.2) is 18.2 Å². The second kappa shape index (κ2) is 5.48. The van der Waals surface area contributed by atoms with E-state index >= 15 is 0 Å². The lowest BCUT2D eigenvalue weighted by Gasteiger charge is -2.11. The van der Waals surface area contributed by atoms with E-state index < -0.39 is 7.32 Å². The van der Waals surface area contributed by atoms with E-state index in [1.54, 1.807) is 12.1 Å². The van der Waals surface area contributed by atoms with Crippen LogP contribution < -0.4 is 14.1 Å². The van der Waals surface area contributed by atoms with E-state index in [0.717, 1.165) is 0 Å². The first-order chi connectivity index (χ1) is 7.17. The summed E-state index contributed by atoms with van der Waals surface area (Å²) in [5, 5.41) is 17.2. The van der Waals surface area contributed by atoms with Crippen molar-refractivity contribution in [3.8, 4) is 17.2 Å². The van der Waals surface area contributed by atoms with Crippen LogP contribution in [0.5, 0.6) is 17.2 Å². The standard InChI is InChI=1S/C9H13BO5/c1-3-14-9-6-7(15-10(11)12)4-5-8(9)13-2/h4-6,11-12H,3H2,1-2H3. The molecule has 0 heterocycles. The van der Waals surface area contributed by atoms with Gasteiger partial charge in [-0.05, 0) is 19.1 Å². The van der Waals surface area contributed by atoms with Gasteiger partial charge in [-0.3, -0.25) is 0 Å². The summed E-state index contributed by atoms with van der Waals surface area (Å²) < 4.78 is 15.0. The Hall–Kier alpha value is -1.40. The van der Waals surface area contributed by atoms with Crippen molar-refractivity contribution in [3.05, 3.63) is 18.2 Å². The van der Waals surface area contributed by atoms with Crippen LogP contribution in [0.2, 0.25) is 0 Å². The highest BCUT2D eigenvalue weighted by molar-refractivity contribution is 6.33. The second-order valence-electron chi connectivity index (χ2n) is 2.69. The molecule has 0 amide bonds. The van der Waals surface area contributed by atoms with E-state index in [2.05, 4.69) is 4.65 Å². The Morgan fingerprint density at radius 3 is 2.53 bits per heavy atom. The first-order valence-corrected chi connectivity index (χ1v) is 4.51. The van der Waals surface area contributed by atoms with E-state index in [4.69, 9.17) is 19.5 Å². The van der Waals surface area contributed by atoms with Gasteiger partial charge in [0, 0.05) is 6.07 Å². The third kappa shape index (κ3) is 3.34. The summed E-state index contributed by atoms with van der Waals surface area (Å²) in [4.78, 5) is 0. The highest BCUT2D eigenvalue weighted by atomic mass is 16.6. The molecule has 0 aromatic heterocycles. The minimum Gasteiger partial charge on any atom is -0.512 e. The molecule has 2 N–H and O–H groups in total.